The summed E-state index contributed by atoms with van der Waals surface area (Å²) in [4.78, 5) is 30.0. The number of nitrogens with one attached hydrogen (secondary N) is 1. The zero-order valence-electron chi connectivity index (χ0n) is 20.8. The van der Waals surface area contributed by atoms with Gasteiger partial charge in [0.2, 0.25) is 0 Å². The molecule has 0 spiro atoms. The molecule has 178 valence electrons. The van der Waals surface area contributed by atoms with Crippen molar-refractivity contribution in [1.29, 1.82) is 0 Å². The number of nitrogens with zero attached hydrogens (tertiary/aromatic N) is 2. The van der Waals surface area contributed by atoms with Gasteiger partial charge in [0.1, 0.15) is 5.57 Å². The molecule has 4 rings (SSSR count). The lowest BCUT2D eigenvalue weighted by Crippen LogP contribution is -2.54. The van der Waals surface area contributed by atoms with Crippen LogP contribution in [0.4, 0.5) is 11.4 Å². The third-order valence-electron chi connectivity index (χ3n) is 6.83. The van der Waals surface area contributed by atoms with Crippen molar-refractivity contribution in [2.75, 3.05) is 9.80 Å². The van der Waals surface area contributed by atoms with Crippen LogP contribution in [-0.2, 0) is 16.0 Å². The van der Waals surface area contributed by atoms with E-state index in [1.54, 1.807) is 6.08 Å². The fraction of sp³-hybridized carbons (Fsp3) is 0.393. The molecule has 2 aromatic rings. The van der Waals surface area contributed by atoms with Gasteiger partial charge in [-0.3, -0.25) is 19.8 Å². The zero-order valence-corrected chi connectivity index (χ0v) is 21.6. The number of rotatable bonds is 4. The van der Waals surface area contributed by atoms with Gasteiger partial charge in [-0.2, -0.15) is 0 Å². The largest absolute Gasteiger partial charge is 0.364 e. The molecule has 2 aromatic carbocycles. The fourth-order valence-electron chi connectivity index (χ4n) is 5.48. The minimum Gasteiger partial charge on any atom is -0.364 e. The van der Waals surface area contributed by atoms with Crippen LogP contribution in [0.1, 0.15) is 70.6 Å². The van der Waals surface area contributed by atoms with Gasteiger partial charge in [-0.1, -0.05) is 32.0 Å². The lowest BCUT2D eigenvalue weighted by atomic mass is 9.78. The van der Waals surface area contributed by atoms with E-state index in [4.69, 9.17) is 12.2 Å². The summed E-state index contributed by atoms with van der Waals surface area (Å²) in [6.45, 7) is 13.3. The maximum Gasteiger partial charge on any atom is 0.270 e. The average molecular weight is 476 g/mol. The van der Waals surface area contributed by atoms with E-state index < -0.39 is 11.8 Å². The molecule has 1 atom stereocenters. The standard InChI is InChI=1S/C28H33N3O2S/c1-7-19-8-11-21(12-9-19)30-26(33)23(25(32)29-27(30)34)15-20-10-13-24-22(14-20)18(4)16-28(5,6)31(24)17(2)3/h8-15,17-18H,7,16H2,1-6H3,(H,29,32,34)/b23-15+. The number of thiocarbonyl (C=S) groups is 1. The van der Waals surface area contributed by atoms with E-state index in [-0.39, 0.29) is 16.2 Å². The van der Waals surface area contributed by atoms with E-state index in [1.807, 2.05) is 30.3 Å². The molecule has 2 aliphatic heterocycles. The number of amides is 2. The smallest absolute Gasteiger partial charge is 0.270 e. The van der Waals surface area contributed by atoms with E-state index >= 15 is 0 Å². The maximum atomic E-state index is 13.4. The van der Waals surface area contributed by atoms with E-state index in [0.29, 0.717) is 17.6 Å². The molecule has 0 radical (unpaired) electrons. The number of anilines is 2. The van der Waals surface area contributed by atoms with E-state index in [1.165, 1.54) is 21.7 Å². The minimum absolute atomic E-state index is 0.0588. The molecule has 1 N–H and O–H groups in total. The summed E-state index contributed by atoms with van der Waals surface area (Å²) in [5, 5.41) is 2.78. The van der Waals surface area contributed by atoms with Gasteiger partial charge in [0.15, 0.2) is 5.11 Å². The van der Waals surface area contributed by atoms with Crippen molar-refractivity contribution in [2.24, 2.45) is 0 Å². The predicted octanol–water partition coefficient (Wildman–Crippen LogP) is 5.58. The Balaban J connectivity index is 1.72. The van der Waals surface area contributed by atoms with Crippen molar-refractivity contribution < 1.29 is 9.59 Å². The first-order valence-corrected chi connectivity index (χ1v) is 12.4. The van der Waals surface area contributed by atoms with Crippen LogP contribution in [0.25, 0.3) is 6.08 Å². The van der Waals surface area contributed by atoms with E-state index in [0.717, 1.165) is 18.4 Å². The Morgan fingerprint density at radius 2 is 1.82 bits per heavy atom. The van der Waals surface area contributed by atoms with Gasteiger partial charge >= 0.3 is 0 Å². The fourth-order valence-corrected chi connectivity index (χ4v) is 5.76. The third-order valence-corrected chi connectivity index (χ3v) is 7.12. The van der Waals surface area contributed by atoms with Gasteiger partial charge in [0.25, 0.3) is 11.8 Å². The van der Waals surface area contributed by atoms with E-state index in [9.17, 15) is 9.59 Å². The molecular formula is C28H33N3O2S. The highest BCUT2D eigenvalue weighted by atomic mass is 32.1. The van der Waals surface area contributed by atoms with Crippen molar-refractivity contribution in [2.45, 2.75) is 71.9 Å². The number of hydrogen-bond acceptors (Lipinski definition) is 4. The van der Waals surface area contributed by atoms with Gasteiger partial charge in [-0.25, -0.2) is 0 Å². The molecular weight excluding hydrogens is 442 g/mol. The van der Waals surface area contributed by atoms with Crippen molar-refractivity contribution in [1.82, 2.24) is 5.32 Å². The van der Waals surface area contributed by atoms with Crippen molar-refractivity contribution in [3.8, 4) is 0 Å². The van der Waals surface area contributed by atoms with Crippen LogP contribution in [0.5, 0.6) is 0 Å². The molecule has 0 aromatic heterocycles. The van der Waals surface area contributed by atoms with Crippen LogP contribution in [0, 0.1) is 0 Å². The van der Waals surface area contributed by atoms with Gasteiger partial charge in [-0.15, -0.1) is 0 Å². The molecule has 34 heavy (non-hydrogen) atoms. The normalized spacial score (nSPS) is 21.2. The molecule has 0 saturated carbocycles. The van der Waals surface area contributed by atoms with Crippen LogP contribution < -0.4 is 15.1 Å². The minimum atomic E-state index is -0.466. The molecule has 2 aliphatic rings. The van der Waals surface area contributed by atoms with Gasteiger partial charge in [0, 0.05) is 17.3 Å². The number of carbonyl (C=O) groups is 2. The summed E-state index contributed by atoms with van der Waals surface area (Å²) in [6, 6.07) is 14.3. The highest BCUT2D eigenvalue weighted by Gasteiger charge is 2.38. The first kappa shape index (κ1) is 24.1. The quantitative estimate of drug-likeness (QED) is 0.356. The second-order valence-corrected chi connectivity index (χ2v) is 10.6. The summed E-state index contributed by atoms with van der Waals surface area (Å²) >= 11 is 5.34. The summed E-state index contributed by atoms with van der Waals surface area (Å²) in [6.07, 6.45) is 3.62. The van der Waals surface area contributed by atoms with Crippen molar-refractivity contribution in [3.05, 3.63) is 64.7 Å². The molecule has 5 nitrogen and oxygen atoms in total. The molecule has 0 bridgehead atoms. The molecule has 1 saturated heterocycles. The monoisotopic (exact) mass is 475 g/mol. The molecule has 2 heterocycles. The Hall–Kier alpha value is -2.99. The molecule has 6 heteroatoms. The van der Waals surface area contributed by atoms with Crippen LogP contribution >= 0.6 is 12.2 Å². The Bertz CT molecular complexity index is 1180. The average Bonchev–Trinajstić information content (AvgIpc) is 2.76. The highest BCUT2D eigenvalue weighted by molar-refractivity contribution is 7.80. The lowest BCUT2D eigenvalue weighted by Gasteiger charge is -2.50. The highest BCUT2D eigenvalue weighted by Crippen LogP contribution is 2.44. The van der Waals surface area contributed by atoms with Gasteiger partial charge < -0.3 is 4.90 Å². The summed E-state index contributed by atoms with van der Waals surface area (Å²) in [5.74, 6) is -0.503. The number of carbonyl (C=O) groups excluding carboxylic acids is 2. The van der Waals surface area contributed by atoms with Crippen LogP contribution in [0.3, 0.4) is 0 Å². The number of fused-ring (bicyclic) bond motifs is 1. The number of hydrogen-bond donors (Lipinski definition) is 1. The lowest BCUT2D eigenvalue weighted by molar-refractivity contribution is -0.122. The SMILES string of the molecule is CCc1ccc(N2C(=O)/C(=C/c3ccc4c(c3)C(C)CC(C)(C)N4C(C)C)C(=O)NC2=S)cc1. The predicted molar refractivity (Wildman–Crippen MR) is 143 cm³/mol. The van der Waals surface area contributed by atoms with Crippen LogP contribution in [-0.4, -0.2) is 28.5 Å². The van der Waals surface area contributed by atoms with Crippen molar-refractivity contribution >= 4 is 46.6 Å². The Kier molecular flexibility index (Phi) is 6.38. The second kappa shape index (κ2) is 8.99. The molecule has 1 fully saturated rings. The number of benzene rings is 2. The molecule has 2 amide bonds. The summed E-state index contributed by atoms with van der Waals surface area (Å²) in [7, 11) is 0. The number of aryl methyl sites for hydroxylation is 1. The summed E-state index contributed by atoms with van der Waals surface area (Å²) in [5.41, 5.74) is 5.25. The zero-order chi connectivity index (χ0) is 24.8. The van der Waals surface area contributed by atoms with Crippen LogP contribution in [0.2, 0.25) is 0 Å². The molecule has 1 unspecified atom stereocenters. The first-order chi connectivity index (χ1) is 16.0. The molecule has 0 aliphatic carbocycles. The van der Waals surface area contributed by atoms with Gasteiger partial charge in [0.05, 0.1) is 5.69 Å². The van der Waals surface area contributed by atoms with Crippen molar-refractivity contribution in [3.63, 3.8) is 0 Å². The summed E-state index contributed by atoms with van der Waals surface area (Å²) < 4.78 is 0. The van der Waals surface area contributed by atoms with Crippen LogP contribution in [0.15, 0.2) is 48.0 Å². The Labute approximate surface area is 207 Å². The maximum absolute atomic E-state index is 13.4. The second-order valence-electron chi connectivity index (χ2n) is 10.2. The Morgan fingerprint density at radius 1 is 1.15 bits per heavy atom. The van der Waals surface area contributed by atoms with E-state index in [2.05, 4.69) is 63.9 Å². The Morgan fingerprint density at radius 3 is 2.44 bits per heavy atom. The first-order valence-electron chi connectivity index (χ1n) is 12.0. The van der Waals surface area contributed by atoms with Gasteiger partial charge in [-0.05, 0) is 106 Å². The third kappa shape index (κ3) is 4.27. The topological polar surface area (TPSA) is 52.7 Å².